The van der Waals surface area contributed by atoms with Crippen LogP contribution in [0.4, 0.5) is 0 Å². The van der Waals surface area contributed by atoms with Crippen molar-refractivity contribution in [2.45, 2.75) is 69.9 Å². The van der Waals surface area contributed by atoms with Gasteiger partial charge in [0, 0.05) is 5.92 Å². The first kappa shape index (κ1) is 11.8. The molecule has 0 bridgehead atoms. The van der Waals surface area contributed by atoms with Crippen molar-refractivity contribution >= 4 is 0 Å². The number of aromatic nitrogens is 4. The Morgan fingerprint density at radius 3 is 2.84 bits per heavy atom. The van der Waals surface area contributed by atoms with Gasteiger partial charge < -0.3 is 4.74 Å². The van der Waals surface area contributed by atoms with Gasteiger partial charge in [0.25, 0.3) is 0 Å². The molecule has 2 saturated carbocycles. The second kappa shape index (κ2) is 4.54. The lowest BCUT2D eigenvalue weighted by atomic mass is 9.73. The molecule has 1 atom stereocenters. The van der Waals surface area contributed by atoms with Crippen LogP contribution in [-0.2, 0) is 11.3 Å². The van der Waals surface area contributed by atoms with Gasteiger partial charge in [0.05, 0.1) is 19.3 Å². The zero-order chi connectivity index (χ0) is 12.7. The van der Waals surface area contributed by atoms with Crippen molar-refractivity contribution < 1.29 is 4.74 Å². The van der Waals surface area contributed by atoms with E-state index in [9.17, 15) is 0 Å². The van der Waals surface area contributed by atoms with E-state index in [-0.39, 0.29) is 0 Å². The van der Waals surface area contributed by atoms with E-state index in [1.165, 1.54) is 51.4 Å². The Balaban J connectivity index is 1.37. The number of tetrazole rings is 1. The lowest BCUT2D eigenvalue weighted by Gasteiger charge is -2.31. The molecule has 19 heavy (non-hydrogen) atoms. The Kier molecular flexibility index (Phi) is 2.83. The Labute approximate surface area is 113 Å². The number of nitrogens with zero attached hydrogens (tertiary/aromatic N) is 4. The predicted octanol–water partition coefficient (Wildman–Crippen LogP) is 2.29. The first-order chi connectivity index (χ1) is 9.33. The van der Waals surface area contributed by atoms with Gasteiger partial charge in [0.2, 0.25) is 0 Å². The zero-order valence-corrected chi connectivity index (χ0v) is 11.4. The maximum Gasteiger partial charge on any atom is 0.177 e. The monoisotopic (exact) mass is 262 g/mol. The maximum absolute atomic E-state index is 6.01. The third-order valence-electron chi connectivity index (χ3n) is 4.98. The minimum absolute atomic E-state index is 0.291. The summed E-state index contributed by atoms with van der Waals surface area (Å²) in [5.74, 6) is 1.52. The molecule has 5 nitrogen and oxygen atoms in total. The van der Waals surface area contributed by atoms with E-state index in [1.54, 1.807) is 4.80 Å². The van der Waals surface area contributed by atoms with Crippen LogP contribution in [0.25, 0.3) is 0 Å². The van der Waals surface area contributed by atoms with Crippen LogP contribution in [0, 0.1) is 5.41 Å². The topological polar surface area (TPSA) is 52.8 Å². The van der Waals surface area contributed by atoms with E-state index >= 15 is 0 Å². The average molecular weight is 262 g/mol. The highest BCUT2D eigenvalue weighted by molar-refractivity contribution is 5.00. The highest BCUT2D eigenvalue weighted by atomic mass is 16.5. The van der Waals surface area contributed by atoms with E-state index in [0.29, 0.717) is 17.4 Å². The summed E-state index contributed by atoms with van der Waals surface area (Å²) in [6.07, 6.45) is 10.8. The molecule has 1 aromatic heterocycles. The van der Waals surface area contributed by atoms with Crippen molar-refractivity contribution in [2.24, 2.45) is 5.41 Å². The molecule has 1 aromatic rings. The summed E-state index contributed by atoms with van der Waals surface area (Å²) in [5.41, 5.74) is 0.475. The van der Waals surface area contributed by atoms with Gasteiger partial charge in [0.1, 0.15) is 0 Å². The third kappa shape index (κ3) is 2.40. The molecule has 0 amide bonds. The average Bonchev–Trinajstić information content (AvgIpc) is 3.07. The van der Waals surface area contributed by atoms with Crippen LogP contribution in [0.5, 0.6) is 0 Å². The zero-order valence-electron chi connectivity index (χ0n) is 11.4. The lowest BCUT2D eigenvalue weighted by Crippen LogP contribution is -2.25. The van der Waals surface area contributed by atoms with E-state index in [1.807, 2.05) is 0 Å². The highest BCUT2D eigenvalue weighted by Gasteiger charge is 2.41. The van der Waals surface area contributed by atoms with Crippen LogP contribution < -0.4 is 0 Å². The van der Waals surface area contributed by atoms with Crippen molar-refractivity contribution in [1.29, 1.82) is 0 Å². The molecular formula is C14H22N4O. The summed E-state index contributed by atoms with van der Waals surface area (Å²) in [7, 11) is 0. The quantitative estimate of drug-likeness (QED) is 0.838. The van der Waals surface area contributed by atoms with E-state index < -0.39 is 0 Å². The number of rotatable bonds is 3. The summed E-state index contributed by atoms with van der Waals surface area (Å²) < 4.78 is 6.01. The number of ether oxygens (including phenoxy) is 1. The number of hydrogen-bond donors (Lipinski definition) is 0. The molecule has 1 spiro atoms. The molecule has 1 unspecified atom stereocenters. The van der Waals surface area contributed by atoms with Crippen LogP contribution >= 0.6 is 0 Å². The van der Waals surface area contributed by atoms with E-state index in [2.05, 4.69) is 15.4 Å². The Morgan fingerprint density at radius 1 is 1.21 bits per heavy atom. The Bertz CT molecular complexity index is 448. The van der Waals surface area contributed by atoms with Crippen molar-refractivity contribution in [2.75, 3.05) is 6.61 Å². The lowest BCUT2D eigenvalue weighted by molar-refractivity contribution is 0.0711. The predicted molar refractivity (Wildman–Crippen MR) is 69.7 cm³/mol. The van der Waals surface area contributed by atoms with Gasteiger partial charge in [-0.3, -0.25) is 0 Å². The maximum atomic E-state index is 6.01. The van der Waals surface area contributed by atoms with E-state index in [0.717, 1.165) is 19.0 Å². The summed E-state index contributed by atoms with van der Waals surface area (Å²) in [5, 5.41) is 12.8. The second-order valence-corrected chi connectivity index (χ2v) is 6.67. The normalized spacial score (nSPS) is 30.0. The summed E-state index contributed by atoms with van der Waals surface area (Å²) in [6, 6.07) is 0. The van der Waals surface area contributed by atoms with Crippen molar-refractivity contribution in [1.82, 2.24) is 20.2 Å². The molecule has 0 radical (unpaired) electrons. The standard InChI is InChI=1S/C14H22N4O/c1-2-6-14(7-3-1)8-12(19-10-14)9-18-16-13(15-17-18)11-4-5-11/h11-12H,1-10H2. The van der Waals surface area contributed by atoms with Gasteiger partial charge in [-0.15, -0.1) is 10.2 Å². The smallest absolute Gasteiger partial charge is 0.177 e. The molecule has 3 fully saturated rings. The molecule has 3 aliphatic rings. The van der Waals surface area contributed by atoms with Gasteiger partial charge in [0.15, 0.2) is 5.82 Å². The molecule has 104 valence electrons. The summed E-state index contributed by atoms with van der Waals surface area (Å²) in [6.45, 7) is 1.73. The summed E-state index contributed by atoms with van der Waals surface area (Å²) >= 11 is 0. The SMILES string of the molecule is C1CCC2(CC1)COC(Cn1nnc(C3CC3)n1)C2. The van der Waals surface area contributed by atoms with Gasteiger partial charge in [-0.05, 0) is 42.7 Å². The first-order valence-corrected chi connectivity index (χ1v) is 7.72. The fourth-order valence-electron chi connectivity index (χ4n) is 3.68. The molecule has 2 aliphatic carbocycles. The minimum atomic E-state index is 0.291. The van der Waals surface area contributed by atoms with Crippen molar-refractivity contribution in [3.8, 4) is 0 Å². The largest absolute Gasteiger partial charge is 0.376 e. The second-order valence-electron chi connectivity index (χ2n) is 6.67. The van der Waals surface area contributed by atoms with Crippen LogP contribution in [-0.4, -0.2) is 32.9 Å². The van der Waals surface area contributed by atoms with Crippen LogP contribution in [0.15, 0.2) is 0 Å². The van der Waals surface area contributed by atoms with Crippen LogP contribution in [0.1, 0.15) is 63.1 Å². The Morgan fingerprint density at radius 2 is 2.05 bits per heavy atom. The molecule has 5 heteroatoms. The molecule has 2 heterocycles. The van der Waals surface area contributed by atoms with Gasteiger partial charge in [-0.2, -0.15) is 4.80 Å². The van der Waals surface area contributed by atoms with Crippen LogP contribution in [0.2, 0.25) is 0 Å². The highest BCUT2D eigenvalue weighted by Crippen LogP contribution is 2.45. The minimum Gasteiger partial charge on any atom is -0.376 e. The van der Waals surface area contributed by atoms with Gasteiger partial charge in [-0.25, -0.2) is 0 Å². The molecule has 1 aliphatic heterocycles. The Hall–Kier alpha value is -0.970. The molecule has 1 saturated heterocycles. The molecule has 0 aromatic carbocycles. The van der Waals surface area contributed by atoms with Gasteiger partial charge in [-0.1, -0.05) is 19.3 Å². The van der Waals surface area contributed by atoms with E-state index in [4.69, 9.17) is 4.74 Å². The number of hydrogen-bond acceptors (Lipinski definition) is 4. The van der Waals surface area contributed by atoms with Crippen molar-refractivity contribution in [3.63, 3.8) is 0 Å². The molecular weight excluding hydrogens is 240 g/mol. The molecule has 0 N–H and O–H groups in total. The fraction of sp³-hybridized carbons (Fsp3) is 0.929. The first-order valence-electron chi connectivity index (χ1n) is 7.72. The van der Waals surface area contributed by atoms with Gasteiger partial charge >= 0.3 is 0 Å². The molecule has 4 rings (SSSR count). The van der Waals surface area contributed by atoms with Crippen molar-refractivity contribution in [3.05, 3.63) is 5.82 Å². The third-order valence-corrected chi connectivity index (χ3v) is 4.98. The fourth-order valence-corrected chi connectivity index (χ4v) is 3.68. The summed E-state index contributed by atoms with van der Waals surface area (Å²) in [4.78, 5) is 1.75. The van der Waals surface area contributed by atoms with Crippen LogP contribution in [0.3, 0.4) is 0 Å².